The summed E-state index contributed by atoms with van der Waals surface area (Å²) in [6.45, 7) is 9.02. The van der Waals surface area contributed by atoms with E-state index in [1.54, 1.807) is 0 Å². The minimum absolute atomic E-state index is 0.317. The van der Waals surface area contributed by atoms with Gasteiger partial charge in [0.1, 0.15) is 0 Å². The third kappa shape index (κ3) is 3.67. The van der Waals surface area contributed by atoms with Crippen LogP contribution < -0.4 is 5.32 Å². The van der Waals surface area contributed by atoms with Gasteiger partial charge in [0.05, 0.1) is 0 Å². The first-order valence-corrected chi connectivity index (χ1v) is 5.75. The van der Waals surface area contributed by atoms with Crippen LogP contribution in [-0.4, -0.2) is 11.5 Å². The van der Waals surface area contributed by atoms with E-state index in [0.29, 0.717) is 6.04 Å². The average molecular weight is 216 g/mol. The van der Waals surface area contributed by atoms with Gasteiger partial charge < -0.3 is 5.32 Å². The highest BCUT2D eigenvalue weighted by Crippen LogP contribution is 2.17. The van der Waals surface area contributed by atoms with E-state index in [2.05, 4.69) is 41.2 Å². The maximum Gasteiger partial charge on any atom is 0.0432 e. The molecule has 2 nitrogen and oxygen atoms in total. The zero-order chi connectivity index (χ0) is 12.0. The summed E-state index contributed by atoms with van der Waals surface area (Å²) in [5, 5.41) is 3.46. The van der Waals surface area contributed by atoms with Gasteiger partial charge in [0, 0.05) is 23.9 Å². The lowest BCUT2D eigenvalue weighted by molar-refractivity contribution is 0.563. The Hall–Kier alpha value is -1.33. The van der Waals surface area contributed by atoms with Gasteiger partial charge in [0.2, 0.25) is 0 Å². The normalized spacial score (nSPS) is 11.8. The van der Waals surface area contributed by atoms with Crippen molar-refractivity contribution >= 4 is 0 Å². The molecule has 16 heavy (non-hydrogen) atoms. The Morgan fingerprint density at radius 3 is 2.44 bits per heavy atom. The van der Waals surface area contributed by atoms with Crippen molar-refractivity contribution in [1.29, 1.82) is 0 Å². The summed E-state index contributed by atoms with van der Waals surface area (Å²) in [7, 11) is 0. The predicted molar refractivity (Wildman–Crippen MR) is 68.2 cm³/mol. The summed E-state index contributed by atoms with van der Waals surface area (Å²) in [4.78, 5) is 4.39. The second-order valence-electron chi connectivity index (χ2n) is 3.92. The number of hydrogen-bond acceptors (Lipinski definition) is 2. The van der Waals surface area contributed by atoms with Gasteiger partial charge in [-0.05, 0) is 45.0 Å². The van der Waals surface area contributed by atoms with Crippen LogP contribution in [0, 0.1) is 25.7 Å². The summed E-state index contributed by atoms with van der Waals surface area (Å²) in [6, 6.07) is 4.59. The van der Waals surface area contributed by atoms with E-state index in [-0.39, 0.29) is 0 Å². The largest absolute Gasteiger partial charge is 0.309 e. The van der Waals surface area contributed by atoms with Gasteiger partial charge in [0.15, 0.2) is 0 Å². The number of aryl methyl sites for hydroxylation is 2. The van der Waals surface area contributed by atoms with Crippen LogP contribution >= 0.6 is 0 Å². The zero-order valence-corrected chi connectivity index (χ0v) is 10.6. The van der Waals surface area contributed by atoms with Crippen LogP contribution in [0.5, 0.6) is 0 Å². The maximum absolute atomic E-state index is 4.39. The van der Waals surface area contributed by atoms with Gasteiger partial charge in [-0.3, -0.25) is 4.98 Å². The van der Waals surface area contributed by atoms with Gasteiger partial charge in [-0.2, -0.15) is 0 Å². The molecule has 1 aromatic rings. The van der Waals surface area contributed by atoms with E-state index in [1.165, 1.54) is 5.56 Å². The third-order valence-corrected chi connectivity index (χ3v) is 2.44. The molecule has 0 spiro atoms. The molecule has 1 rings (SSSR count). The third-order valence-electron chi connectivity index (χ3n) is 2.44. The topological polar surface area (TPSA) is 24.9 Å². The van der Waals surface area contributed by atoms with E-state index in [9.17, 15) is 0 Å². The van der Waals surface area contributed by atoms with Crippen molar-refractivity contribution < 1.29 is 0 Å². The minimum atomic E-state index is 0.317. The Labute approximate surface area is 98.5 Å². The number of rotatable bonds is 4. The van der Waals surface area contributed by atoms with E-state index >= 15 is 0 Å². The molecule has 0 fully saturated rings. The van der Waals surface area contributed by atoms with E-state index < -0.39 is 0 Å². The summed E-state index contributed by atoms with van der Waals surface area (Å²) in [6.07, 6.45) is 0.854. The fourth-order valence-electron chi connectivity index (χ4n) is 1.83. The van der Waals surface area contributed by atoms with Crippen LogP contribution in [0.2, 0.25) is 0 Å². The SMILES string of the molecule is CC#CCC(NCC)c1cc(C)nc(C)c1. The molecule has 0 saturated carbocycles. The van der Waals surface area contributed by atoms with E-state index in [1.807, 2.05) is 20.8 Å². The van der Waals surface area contributed by atoms with Gasteiger partial charge in [0.25, 0.3) is 0 Å². The molecule has 0 amide bonds. The van der Waals surface area contributed by atoms with Crippen molar-refractivity contribution in [3.63, 3.8) is 0 Å². The molecule has 0 saturated heterocycles. The van der Waals surface area contributed by atoms with Crippen LogP contribution in [0.4, 0.5) is 0 Å². The van der Waals surface area contributed by atoms with E-state index in [4.69, 9.17) is 0 Å². The molecule has 1 atom stereocenters. The fraction of sp³-hybridized carbons (Fsp3) is 0.500. The van der Waals surface area contributed by atoms with Crippen LogP contribution in [0.25, 0.3) is 0 Å². The Bertz CT molecular complexity index is 379. The number of aromatic nitrogens is 1. The molecule has 0 aliphatic rings. The van der Waals surface area contributed by atoms with Crippen LogP contribution in [-0.2, 0) is 0 Å². The lowest BCUT2D eigenvalue weighted by Gasteiger charge is -2.16. The van der Waals surface area contributed by atoms with Crippen molar-refractivity contribution in [3.8, 4) is 11.8 Å². The van der Waals surface area contributed by atoms with Crippen LogP contribution in [0.3, 0.4) is 0 Å². The Morgan fingerprint density at radius 1 is 1.31 bits per heavy atom. The molecule has 0 aliphatic carbocycles. The summed E-state index contributed by atoms with van der Waals surface area (Å²) in [5.74, 6) is 6.09. The first-order chi connectivity index (χ1) is 7.67. The molecular weight excluding hydrogens is 196 g/mol. The number of hydrogen-bond donors (Lipinski definition) is 1. The highest BCUT2D eigenvalue weighted by atomic mass is 14.9. The lowest BCUT2D eigenvalue weighted by atomic mass is 10.0. The minimum Gasteiger partial charge on any atom is -0.309 e. The second kappa shape index (κ2) is 6.30. The molecule has 0 bridgehead atoms. The van der Waals surface area contributed by atoms with Crippen molar-refractivity contribution in [2.45, 2.75) is 40.2 Å². The summed E-state index contributed by atoms with van der Waals surface area (Å²) < 4.78 is 0. The molecule has 0 aliphatic heterocycles. The molecule has 2 heteroatoms. The number of nitrogens with one attached hydrogen (secondary N) is 1. The molecule has 0 radical (unpaired) electrons. The first kappa shape index (κ1) is 12.7. The van der Waals surface area contributed by atoms with Gasteiger partial charge in [-0.15, -0.1) is 11.8 Å². The monoisotopic (exact) mass is 216 g/mol. The van der Waals surface area contributed by atoms with Gasteiger partial charge in [-0.25, -0.2) is 0 Å². The molecule has 1 heterocycles. The van der Waals surface area contributed by atoms with Crippen molar-refractivity contribution in [2.75, 3.05) is 6.54 Å². The van der Waals surface area contributed by atoms with Crippen molar-refractivity contribution in [2.24, 2.45) is 0 Å². The summed E-state index contributed by atoms with van der Waals surface area (Å²) >= 11 is 0. The smallest absolute Gasteiger partial charge is 0.0432 e. The fourth-order valence-corrected chi connectivity index (χ4v) is 1.83. The van der Waals surface area contributed by atoms with Crippen molar-refractivity contribution in [1.82, 2.24) is 10.3 Å². The quantitative estimate of drug-likeness (QED) is 0.783. The van der Waals surface area contributed by atoms with Gasteiger partial charge >= 0.3 is 0 Å². The Balaban J connectivity index is 2.93. The lowest BCUT2D eigenvalue weighted by Crippen LogP contribution is -2.20. The molecule has 1 unspecified atom stereocenters. The van der Waals surface area contributed by atoms with Gasteiger partial charge in [-0.1, -0.05) is 6.92 Å². The van der Waals surface area contributed by atoms with Crippen LogP contribution in [0.1, 0.15) is 43.3 Å². The number of nitrogens with zero attached hydrogens (tertiary/aromatic N) is 1. The maximum atomic E-state index is 4.39. The molecular formula is C14H20N2. The highest BCUT2D eigenvalue weighted by molar-refractivity contribution is 5.25. The first-order valence-electron chi connectivity index (χ1n) is 5.75. The summed E-state index contributed by atoms with van der Waals surface area (Å²) in [5.41, 5.74) is 3.43. The molecule has 86 valence electrons. The Morgan fingerprint density at radius 2 is 1.94 bits per heavy atom. The van der Waals surface area contributed by atoms with E-state index in [0.717, 1.165) is 24.4 Å². The number of pyridine rings is 1. The standard InChI is InChI=1S/C14H20N2/c1-5-7-8-14(15-6-2)13-9-11(3)16-12(4)10-13/h9-10,14-15H,6,8H2,1-4H3. The van der Waals surface area contributed by atoms with Crippen molar-refractivity contribution in [3.05, 3.63) is 29.1 Å². The Kier molecular flexibility index (Phi) is 5.01. The predicted octanol–water partition coefficient (Wildman–Crippen LogP) is 2.76. The second-order valence-corrected chi connectivity index (χ2v) is 3.92. The molecule has 0 aromatic carbocycles. The van der Waals surface area contributed by atoms with Crippen LogP contribution in [0.15, 0.2) is 12.1 Å². The molecule has 1 N–H and O–H groups in total. The molecule has 1 aromatic heterocycles. The highest BCUT2D eigenvalue weighted by Gasteiger charge is 2.09. The average Bonchev–Trinajstić information content (AvgIpc) is 2.22. The zero-order valence-electron chi connectivity index (χ0n) is 10.6.